The molecular weight excluding hydrogens is 304 g/mol. The van der Waals surface area contributed by atoms with Gasteiger partial charge < -0.3 is 18.9 Å². The van der Waals surface area contributed by atoms with Crippen molar-refractivity contribution in [3.05, 3.63) is 35.4 Å². The molecule has 4 nitrogen and oxygen atoms in total. The van der Waals surface area contributed by atoms with Crippen molar-refractivity contribution in [2.45, 2.75) is 82.8 Å². The van der Waals surface area contributed by atoms with E-state index in [1.165, 1.54) is 24.0 Å². The third-order valence-corrected chi connectivity index (χ3v) is 5.42. The fraction of sp³-hybridized carbons (Fsp3) is 0.700. The highest BCUT2D eigenvalue weighted by molar-refractivity contribution is 5.22. The molecule has 2 aliphatic heterocycles. The van der Waals surface area contributed by atoms with Crippen LogP contribution in [0.1, 0.15) is 50.2 Å². The van der Waals surface area contributed by atoms with E-state index in [1.807, 2.05) is 0 Å². The predicted octanol–water partition coefficient (Wildman–Crippen LogP) is 3.61. The molecule has 4 rings (SSSR count). The molecule has 5 atom stereocenters. The number of rotatable bonds is 6. The van der Waals surface area contributed by atoms with Crippen LogP contribution in [-0.4, -0.2) is 37.1 Å². The Morgan fingerprint density at radius 1 is 1.00 bits per heavy atom. The Bertz CT molecular complexity index is 519. The zero-order valence-electron chi connectivity index (χ0n) is 14.5. The highest BCUT2D eigenvalue weighted by Crippen LogP contribution is 2.38. The summed E-state index contributed by atoms with van der Waals surface area (Å²) in [7, 11) is 0. The topological polar surface area (TPSA) is 40.2 Å². The Kier molecular flexibility index (Phi) is 5.18. The van der Waals surface area contributed by atoms with Crippen molar-refractivity contribution in [2.75, 3.05) is 6.61 Å². The first-order chi connectivity index (χ1) is 11.8. The maximum absolute atomic E-state index is 6.10. The van der Waals surface area contributed by atoms with Gasteiger partial charge in [-0.1, -0.05) is 24.3 Å². The number of benzene rings is 1. The number of ether oxygens (including phenoxy) is 4. The zero-order valence-corrected chi connectivity index (χ0v) is 14.5. The molecule has 3 fully saturated rings. The van der Waals surface area contributed by atoms with Crippen LogP contribution in [0.4, 0.5) is 0 Å². The molecule has 1 saturated carbocycles. The van der Waals surface area contributed by atoms with Gasteiger partial charge in [0.15, 0.2) is 0 Å². The molecule has 1 aliphatic carbocycles. The van der Waals surface area contributed by atoms with Gasteiger partial charge in [0.25, 0.3) is 0 Å². The van der Waals surface area contributed by atoms with E-state index in [1.54, 1.807) is 0 Å². The Morgan fingerprint density at radius 2 is 1.75 bits per heavy atom. The van der Waals surface area contributed by atoms with Crippen molar-refractivity contribution in [3.8, 4) is 0 Å². The van der Waals surface area contributed by atoms with Gasteiger partial charge in [0, 0.05) is 6.61 Å². The van der Waals surface area contributed by atoms with Gasteiger partial charge in [0.2, 0.25) is 0 Å². The van der Waals surface area contributed by atoms with Crippen molar-refractivity contribution in [1.29, 1.82) is 0 Å². The Labute approximate surface area is 144 Å². The standard InChI is InChI=1S/C20H28O4/c1-14-17(9-4-10-21-14)22-12-15-5-2-6-16(11-15)13-23-18-7-3-8-19-20(18)24-19/h2,5-6,11,14,17-20H,3-4,7-10,12-13H2,1H3. The summed E-state index contributed by atoms with van der Waals surface area (Å²) in [5, 5.41) is 0. The third kappa shape index (κ3) is 3.99. The summed E-state index contributed by atoms with van der Waals surface area (Å²) in [6.07, 6.45) is 7.27. The molecule has 0 N–H and O–H groups in total. The van der Waals surface area contributed by atoms with Gasteiger partial charge in [-0.3, -0.25) is 0 Å². The number of hydrogen-bond acceptors (Lipinski definition) is 4. The lowest BCUT2D eigenvalue weighted by atomic mass is 9.98. The van der Waals surface area contributed by atoms with Crippen molar-refractivity contribution >= 4 is 0 Å². The molecule has 4 heteroatoms. The first-order valence-electron chi connectivity index (χ1n) is 9.38. The average molecular weight is 332 g/mol. The van der Waals surface area contributed by atoms with Gasteiger partial charge in [-0.25, -0.2) is 0 Å². The minimum absolute atomic E-state index is 0.197. The van der Waals surface area contributed by atoms with E-state index in [9.17, 15) is 0 Å². The van der Waals surface area contributed by atoms with Crippen LogP contribution in [0.5, 0.6) is 0 Å². The average Bonchev–Trinajstić information content (AvgIpc) is 3.40. The van der Waals surface area contributed by atoms with E-state index in [0.717, 1.165) is 25.9 Å². The molecule has 3 aliphatic rings. The van der Waals surface area contributed by atoms with Crippen LogP contribution in [0.15, 0.2) is 24.3 Å². The van der Waals surface area contributed by atoms with Gasteiger partial charge in [-0.2, -0.15) is 0 Å². The normalized spacial score (nSPS) is 35.5. The largest absolute Gasteiger partial charge is 0.376 e. The second-order valence-electron chi connectivity index (χ2n) is 7.31. The Balaban J connectivity index is 1.27. The molecule has 5 unspecified atom stereocenters. The number of fused-ring (bicyclic) bond motifs is 1. The molecule has 0 amide bonds. The van der Waals surface area contributed by atoms with Crippen LogP contribution in [0.2, 0.25) is 0 Å². The maximum atomic E-state index is 6.10. The van der Waals surface area contributed by atoms with Crippen molar-refractivity contribution in [1.82, 2.24) is 0 Å². The van der Waals surface area contributed by atoms with Crippen LogP contribution < -0.4 is 0 Å². The fourth-order valence-electron chi connectivity index (χ4n) is 3.91. The fourth-order valence-corrected chi connectivity index (χ4v) is 3.91. The number of hydrogen-bond donors (Lipinski definition) is 0. The summed E-state index contributed by atoms with van der Waals surface area (Å²) in [6.45, 7) is 4.27. The Morgan fingerprint density at radius 3 is 2.54 bits per heavy atom. The summed E-state index contributed by atoms with van der Waals surface area (Å²) in [4.78, 5) is 0. The highest BCUT2D eigenvalue weighted by Gasteiger charge is 2.47. The summed E-state index contributed by atoms with van der Waals surface area (Å²) in [5.74, 6) is 0. The predicted molar refractivity (Wildman–Crippen MR) is 90.8 cm³/mol. The van der Waals surface area contributed by atoms with Crippen molar-refractivity contribution in [2.24, 2.45) is 0 Å². The van der Waals surface area contributed by atoms with E-state index >= 15 is 0 Å². The molecule has 0 aromatic heterocycles. The molecule has 2 heterocycles. The van der Waals surface area contributed by atoms with Crippen LogP contribution in [0, 0.1) is 0 Å². The van der Waals surface area contributed by atoms with Gasteiger partial charge in [0.05, 0.1) is 37.6 Å². The maximum Gasteiger partial charge on any atom is 0.110 e. The van der Waals surface area contributed by atoms with Crippen LogP contribution in [0.3, 0.4) is 0 Å². The molecule has 1 aromatic rings. The third-order valence-electron chi connectivity index (χ3n) is 5.42. The summed E-state index contributed by atoms with van der Waals surface area (Å²) < 4.78 is 23.5. The van der Waals surface area contributed by atoms with Crippen LogP contribution >= 0.6 is 0 Å². The Hall–Kier alpha value is -0.940. The lowest BCUT2D eigenvalue weighted by molar-refractivity contribution is -0.103. The molecule has 132 valence electrons. The van der Waals surface area contributed by atoms with E-state index in [2.05, 4.69) is 31.2 Å². The van der Waals surface area contributed by atoms with Crippen molar-refractivity contribution < 1.29 is 18.9 Å². The van der Waals surface area contributed by atoms with Crippen molar-refractivity contribution in [3.63, 3.8) is 0 Å². The second-order valence-corrected chi connectivity index (χ2v) is 7.31. The lowest BCUT2D eigenvalue weighted by Gasteiger charge is -2.29. The van der Waals surface area contributed by atoms with E-state index in [0.29, 0.717) is 25.4 Å². The second kappa shape index (κ2) is 7.52. The molecule has 0 radical (unpaired) electrons. The van der Waals surface area contributed by atoms with Crippen LogP contribution in [-0.2, 0) is 32.2 Å². The number of epoxide rings is 1. The first-order valence-corrected chi connectivity index (χ1v) is 9.38. The minimum atomic E-state index is 0.197. The molecule has 2 saturated heterocycles. The van der Waals surface area contributed by atoms with Crippen LogP contribution in [0.25, 0.3) is 0 Å². The minimum Gasteiger partial charge on any atom is -0.376 e. The first kappa shape index (κ1) is 16.5. The SMILES string of the molecule is CC1OCCCC1OCc1cccc(COC2CCCC3OC23)c1. The van der Waals surface area contributed by atoms with E-state index in [4.69, 9.17) is 18.9 Å². The molecule has 0 bridgehead atoms. The van der Waals surface area contributed by atoms with Gasteiger partial charge in [0.1, 0.15) is 6.10 Å². The van der Waals surface area contributed by atoms with Gasteiger partial charge in [-0.05, 0) is 50.2 Å². The van der Waals surface area contributed by atoms with E-state index < -0.39 is 0 Å². The zero-order chi connectivity index (χ0) is 16.4. The summed E-state index contributed by atoms with van der Waals surface area (Å²) >= 11 is 0. The highest BCUT2D eigenvalue weighted by atomic mass is 16.6. The molecule has 0 spiro atoms. The molecular formula is C20H28O4. The summed E-state index contributed by atoms with van der Waals surface area (Å²) in [5.41, 5.74) is 2.42. The van der Waals surface area contributed by atoms with Gasteiger partial charge >= 0.3 is 0 Å². The summed E-state index contributed by atoms with van der Waals surface area (Å²) in [6, 6.07) is 8.54. The monoisotopic (exact) mass is 332 g/mol. The lowest BCUT2D eigenvalue weighted by Crippen LogP contribution is -2.33. The molecule has 1 aromatic carbocycles. The molecule has 24 heavy (non-hydrogen) atoms. The van der Waals surface area contributed by atoms with Gasteiger partial charge in [-0.15, -0.1) is 0 Å². The van der Waals surface area contributed by atoms with E-state index in [-0.39, 0.29) is 18.3 Å². The quantitative estimate of drug-likeness (QED) is 0.746. The smallest absolute Gasteiger partial charge is 0.110 e.